The average Bonchev–Trinajstić information content (AvgIpc) is 3.29. The summed E-state index contributed by atoms with van der Waals surface area (Å²) in [5.41, 5.74) is 3.70. The largest absolute Gasteiger partial charge is 0.487 e. The zero-order valence-electron chi connectivity index (χ0n) is 19.0. The molecule has 1 aliphatic carbocycles. The van der Waals surface area contributed by atoms with E-state index in [1.165, 1.54) is 29.7 Å². The predicted octanol–water partition coefficient (Wildman–Crippen LogP) is 4.02. The zero-order chi connectivity index (χ0) is 21.8. The van der Waals surface area contributed by atoms with Crippen LogP contribution in [0.2, 0.25) is 0 Å². The third-order valence-corrected chi connectivity index (χ3v) is 7.02. The molecule has 2 fully saturated rings. The Morgan fingerprint density at radius 2 is 1.81 bits per heavy atom. The summed E-state index contributed by atoms with van der Waals surface area (Å²) < 4.78 is 12.0. The van der Waals surface area contributed by atoms with Gasteiger partial charge in [0.25, 0.3) is 0 Å². The van der Waals surface area contributed by atoms with Crippen LogP contribution in [0.15, 0.2) is 53.5 Å². The molecule has 1 unspecified atom stereocenters. The van der Waals surface area contributed by atoms with Crippen molar-refractivity contribution in [2.75, 3.05) is 38.3 Å². The summed E-state index contributed by atoms with van der Waals surface area (Å²) in [6, 6.07) is 17.4. The summed E-state index contributed by atoms with van der Waals surface area (Å²) in [7, 11) is 1.84. The number of aliphatic imine (C=N–C) groups is 1. The number of nitrogens with one attached hydrogen (secondary N) is 2. The maximum absolute atomic E-state index is 6.50. The van der Waals surface area contributed by atoms with Crippen LogP contribution >= 0.6 is 0 Å². The fourth-order valence-corrected chi connectivity index (χ4v) is 5.26. The Kier molecular flexibility index (Phi) is 6.21. The zero-order valence-corrected chi connectivity index (χ0v) is 19.0. The van der Waals surface area contributed by atoms with Crippen molar-refractivity contribution in [2.24, 2.45) is 4.99 Å². The molecule has 1 atom stereocenters. The molecule has 2 aromatic rings. The van der Waals surface area contributed by atoms with E-state index in [0.717, 1.165) is 63.8 Å². The molecule has 5 rings (SSSR count). The topological polar surface area (TPSA) is 58.1 Å². The number of nitrogens with zero attached hydrogens (tertiary/aromatic N) is 2. The quantitative estimate of drug-likeness (QED) is 0.562. The molecule has 32 heavy (non-hydrogen) atoms. The summed E-state index contributed by atoms with van der Waals surface area (Å²) in [5, 5.41) is 7.19. The van der Waals surface area contributed by atoms with Gasteiger partial charge in [0.2, 0.25) is 0 Å². The van der Waals surface area contributed by atoms with E-state index < -0.39 is 0 Å². The molecule has 3 aliphatic rings. The van der Waals surface area contributed by atoms with E-state index in [-0.39, 0.29) is 11.6 Å². The molecule has 2 aliphatic heterocycles. The number of ether oxygens (including phenoxy) is 2. The highest BCUT2D eigenvalue weighted by Gasteiger charge is 2.43. The SMILES string of the molecule is CN=C(NCc1ccc(N2CCOCC2)cc1)NC1CC2(CCCC2)Oc2ccccc21. The first-order valence-electron chi connectivity index (χ1n) is 11.9. The van der Waals surface area contributed by atoms with Gasteiger partial charge in [-0.15, -0.1) is 0 Å². The maximum Gasteiger partial charge on any atom is 0.191 e. The molecule has 0 bridgehead atoms. The van der Waals surface area contributed by atoms with Crippen LogP contribution in [0.3, 0.4) is 0 Å². The molecule has 1 saturated carbocycles. The lowest BCUT2D eigenvalue weighted by atomic mass is 9.86. The van der Waals surface area contributed by atoms with Crippen molar-refractivity contribution >= 4 is 11.6 Å². The van der Waals surface area contributed by atoms with E-state index in [1.54, 1.807) is 0 Å². The van der Waals surface area contributed by atoms with Crippen LogP contribution in [0.1, 0.15) is 49.3 Å². The molecule has 1 spiro atoms. The number of hydrogen-bond donors (Lipinski definition) is 2. The number of para-hydroxylation sites is 1. The lowest BCUT2D eigenvalue weighted by Gasteiger charge is -2.40. The third kappa shape index (κ3) is 4.56. The Morgan fingerprint density at radius 3 is 2.56 bits per heavy atom. The molecule has 0 aromatic heterocycles. The fraction of sp³-hybridized carbons (Fsp3) is 0.500. The van der Waals surface area contributed by atoms with Crippen LogP contribution < -0.4 is 20.3 Å². The number of anilines is 1. The van der Waals surface area contributed by atoms with Gasteiger partial charge in [-0.05, 0) is 49.4 Å². The molecule has 2 aromatic carbocycles. The summed E-state index contributed by atoms with van der Waals surface area (Å²) in [4.78, 5) is 6.89. The summed E-state index contributed by atoms with van der Waals surface area (Å²) >= 11 is 0. The van der Waals surface area contributed by atoms with Crippen LogP contribution in [-0.4, -0.2) is 44.9 Å². The van der Waals surface area contributed by atoms with Crippen LogP contribution in [0, 0.1) is 0 Å². The van der Waals surface area contributed by atoms with Gasteiger partial charge in [-0.2, -0.15) is 0 Å². The molecule has 6 nitrogen and oxygen atoms in total. The molecule has 2 heterocycles. The second-order valence-corrected chi connectivity index (χ2v) is 9.12. The van der Waals surface area contributed by atoms with Gasteiger partial charge in [-0.1, -0.05) is 30.3 Å². The first kappa shape index (κ1) is 21.1. The van der Waals surface area contributed by atoms with Crippen LogP contribution in [0.25, 0.3) is 0 Å². The van der Waals surface area contributed by atoms with Gasteiger partial charge in [-0.25, -0.2) is 0 Å². The van der Waals surface area contributed by atoms with Gasteiger partial charge >= 0.3 is 0 Å². The van der Waals surface area contributed by atoms with E-state index in [4.69, 9.17) is 9.47 Å². The molecule has 2 N–H and O–H groups in total. The van der Waals surface area contributed by atoms with Crippen molar-refractivity contribution in [3.8, 4) is 5.75 Å². The van der Waals surface area contributed by atoms with Crippen molar-refractivity contribution in [1.82, 2.24) is 10.6 Å². The predicted molar refractivity (Wildman–Crippen MR) is 128 cm³/mol. The number of benzene rings is 2. The van der Waals surface area contributed by atoms with Gasteiger partial charge in [0.15, 0.2) is 5.96 Å². The summed E-state index contributed by atoms with van der Waals surface area (Å²) in [6.07, 6.45) is 5.77. The van der Waals surface area contributed by atoms with Gasteiger partial charge in [0, 0.05) is 44.4 Å². The number of rotatable bonds is 4. The standard InChI is InChI=1S/C26H34N4O2/c1-27-25(28-19-20-8-10-21(11-9-20)30-14-16-31-17-15-30)29-23-18-26(12-4-5-13-26)32-24-7-3-2-6-22(23)24/h2-3,6-11,23H,4-5,12-19H2,1H3,(H2,27,28,29). The Morgan fingerprint density at radius 1 is 1.06 bits per heavy atom. The van der Waals surface area contributed by atoms with Crippen LogP contribution in [0.4, 0.5) is 5.69 Å². The number of hydrogen-bond acceptors (Lipinski definition) is 4. The van der Waals surface area contributed by atoms with Gasteiger partial charge < -0.3 is 25.0 Å². The lowest BCUT2D eigenvalue weighted by molar-refractivity contribution is 0.0396. The van der Waals surface area contributed by atoms with Crippen molar-refractivity contribution in [3.05, 3.63) is 59.7 Å². The lowest BCUT2D eigenvalue weighted by Crippen LogP contribution is -2.46. The van der Waals surface area contributed by atoms with E-state index in [1.807, 2.05) is 7.05 Å². The third-order valence-electron chi connectivity index (χ3n) is 7.02. The summed E-state index contributed by atoms with van der Waals surface area (Å²) in [5.74, 6) is 1.85. The molecular weight excluding hydrogens is 400 g/mol. The average molecular weight is 435 g/mol. The molecule has 0 amide bonds. The number of morpholine rings is 1. The van der Waals surface area contributed by atoms with Crippen LogP contribution in [-0.2, 0) is 11.3 Å². The second-order valence-electron chi connectivity index (χ2n) is 9.12. The van der Waals surface area contributed by atoms with Gasteiger partial charge in [0.05, 0.1) is 19.3 Å². The molecular formula is C26H34N4O2. The minimum atomic E-state index is -0.0276. The van der Waals surface area contributed by atoms with E-state index in [0.29, 0.717) is 0 Å². The monoisotopic (exact) mass is 434 g/mol. The van der Waals surface area contributed by atoms with E-state index >= 15 is 0 Å². The van der Waals surface area contributed by atoms with Gasteiger partial charge in [-0.3, -0.25) is 4.99 Å². The van der Waals surface area contributed by atoms with Crippen molar-refractivity contribution in [1.29, 1.82) is 0 Å². The molecule has 1 saturated heterocycles. The van der Waals surface area contributed by atoms with Crippen molar-refractivity contribution in [2.45, 2.75) is 50.3 Å². The maximum atomic E-state index is 6.50. The van der Waals surface area contributed by atoms with Crippen molar-refractivity contribution in [3.63, 3.8) is 0 Å². The minimum absolute atomic E-state index is 0.0276. The molecule has 170 valence electrons. The highest BCUT2D eigenvalue weighted by atomic mass is 16.5. The van der Waals surface area contributed by atoms with Crippen LogP contribution in [0.5, 0.6) is 5.75 Å². The normalized spacial score (nSPS) is 22.3. The second kappa shape index (κ2) is 9.41. The number of fused-ring (bicyclic) bond motifs is 1. The fourth-order valence-electron chi connectivity index (χ4n) is 5.26. The first-order chi connectivity index (χ1) is 15.7. The van der Waals surface area contributed by atoms with Gasteiger partial charge in [0.1, 0.15) is 11.4 Å². The highest BCUT2D eigenvalue weighted by Crippen LogP contribution is 2.46. The van der Waals surface area contributed by atoms with E-state index in [2.05, 4.69) is 69.1 Å². The Labute approximate surface area is 191 Å². The molecule has 6 heteroatoms. The first-order valence-corrected chi connectivity index (χ1v) is 11.9. The Hall–Kier alpha value is -2.73. The van der Waals surface area contributed by atoms with Crippen molar-refractivity contribution < 1.29 is 9.47 Å². The summed E-state index contributed by atoms with van der Waals surface area (Å²) in [6.45, 7) is 4.27. The Bertz CT molecular complexity index is 931. The smallest absolute Gasteiger partial charge is 0.191 e. The Balaban J connectivity index is 1.23. The minimum Gasteiger partial charge on any atom is -0.487 e. The highest BCUT2D eigenvalue weighted by molar-refractivity contribution is 5.80. The number of guanidine groups is 1. The molecule has 0 radical (unpaired) electrons. The van der Waals surface area contributed by atoms with E-state index in [9.17, 15) is 0 Å².